The molecule has 0 aromatic carbocycles. The van der Waals surface area contributed by atoms with Gasteiger partial charge in [-0.2, -0.15) is 0 Å². The van der Waals surface area contributed by atoms with Gasteiger partial charge in [-0.15, -0.1) is 11.3 Å². The number of aliphatic hydroxyl groups excluding tert-OH is 1. The number of hydrogen-bond acceptors (Lipinski definition) is 5. The van der Waals surface area contributed by atoms with Crippen molar-refractivity contribution in [2.24, 2.45) is 0 Å². The summed E-state index contributed by atoms with van der Waals surface area (Å²) in [5.41, 5.74) is 1.69. The van der Waals surface area contributed by atoms with Gasteiger partial charge in [-0.1, -0.05) is 17.0 Å². The molecule has 2 aromatic heterocycles. The zero-order valence-corrected chi connectivity index (χ0v) is 12.7. The van der Waals surface area contributed by atoms with E-state index < -0.39 is 0 Å². The van der Waals surface area contributed by atoms with Crippen molar-refractivity contribution in [2.45, 2.75) is 26.8 Å². The van der Waals surface area contributed by atoms with Gasteiger partial charge in [-0.3, -0.25) is 4.79 Å². The third-order valence-electron chi connectivity index (χ3n) is 2.89. The van der Waals surface area contributed by atoms with Crippen LogP contribution in [0.2, 0.25) is 0 Å². The molecule has 6 heteroatoms. The lowest BCUT2D eigenvalue weighted by Gasteiger charge is -2.02. The highest BCUT2D eigenvalue weighted by molar-refractivity contribution is 7.14. The lowest BCUT2D eigenvalue weighted by molar-refractivity contribution is 0.0955. The topological polar surface area (TPSA) is 75.4 Å². The van der Waals surface area contributed by atoms with Gasteiger partial charge in [0.1, 0.15) is 5.76 Å². The van der Waals surface area contributed by atoms with Crippen molar-refractivity contribution in [3.63, 3.8) is 0 Å². The number of rotatable bonds is 4. The molecule has 0 unspecified atom stereocenters. The van der Waals surface area contributed by atoms with E-state index in [0.29, 0.717) is 17.8 Å². The summed E-state index contributed by atoms with van der Waals surface area (Å²) in [7, 11) is 0. The standard InChI is InChI=1S/C15H16N2O3S/c1-10-13(11(2)20-17-10)9-16-15(19)14-7-6-12(21-14)5-3-4-8-18/h6-7,18H,4,8-9H2,1-2H3,(H,16,19). The SMILES string of the molecule is Cc1noc(C)c1CNC(=O)c1ccc(C#CCCO)s1. The molecule has 5 nitrogen and oxygen atoms in total. The monoisotopic (exact) mass is 304 g/mol. The van der Waals surface area contributed by atoms with Crippen molar-refractivity contribution in [2.75, 3.05) is 6.61 Å². The van der Waals surface area contributed by atoms with E-state index in [9.17, 15) is 4.79 Å². The molecule has 2 N–H and O–H groups in total. The molecule has 2 aromatic rings. The molecule has 0 spiro atoms. The Bertz CT molecular complexity index is 672. The Hall–Kier alpha value is -2.10. The van der Waals surface area contributed by atoms with E-state index in [-0.39, 0.29) is 12.5 Å². The van der Waals surface area contributed by atoms with Crippen molar-refractivity contribution in [3.05, 3.63) is 38.9 Å². The maximum Gasteiger partial charge on any atom is 0.261 e. The Morgan fingerprint density at radius 2 is 2.29 bits per heavy atom. The summed E-state index contributed by atoms with van der Waals surface area (Å²) < 4.78 is 5.05. The molecule has 0 bridgehead atoms. The zero-order valence-electron chi connectivity index (χ0n) is 11.9. The lowest BCUT2D eigenvalue weighted by Crippen LogP contribution is -2.22. The van der Waals surface area contributed by atoms with Gasteiger partial charge in [-0.05, 0) is 26.0 Å². The number of amides is 1. The third-order valence-corrected chi connectivity index (χ3v) is 3.88. The molecule has 2 heterocycles. The molecular weight excluding hydrogens is 288 g/mol. The van der Waals surface area contributed by atoms with Crippen LogP contribution in [-0.4, -0.2) is 22.8 Å². The summed E-state index contributed by atoms with van der Waals surface area (Å²) in [4.78, 5) is 13.5. The summed E-state index contributed by atoms with van der Waals surface area (Å²) in [6.07, 6.45) is 0.436. The smallest absolute Gasteiger partial charge is 0.261 e. The average Bonchev–Trinajstić information content (AvgIpc) is 3.05. The normalized spacial score (nSPS) is 10.0. The van der Waals surface area contributed by atoms with Gasteiger partial charge in [0.2, 0.25) is 0 Å². The molecular formula is C15H16N2O3S. The van der Waals surface area contributed by atoms with E-state index in [1.54, 1.807) is 12.1 Å². The highest BCUT2D eigenvalue weighted by atomic mass is 32.1. The number of nitrogens with zero attached hydrogens (tertiary/aromatic N) is 1. The van der Waals surface area contributed by atoms with E-state index >= 15 is 0 Å². The fraction of sp³-hybridized carbons (Fsp3) is 0.333. The molecule has 0 saturated carbocycles. The highest BCUT2D eigenvalue weighted by Crippen LogP contribution is 2.16. The first-order valence-electron chi connectivity index (χ1n) is 6.51. The second-order valence-corrected chi connectivity index (χ2v) is 5.51. The zero-order chi connectivity index (χ0) is 15.2. The molecule has 0 fully saturated rings. The summed E-state index contributed by atoms with van der Waals surface area (Å²) in [5, 5.41) is 15.4. The van der Waals surface area contributed by atoms with Crippen molar-refractivity contribution < 1.29 is 14.4 Å². The van der Waals surface area contributed by atoms with Crippen molar-refractivity contribution >= 4 is 17.2 Å². The van der Waals surface area contributed by atoms with Gasteiger partial charge in [0, 0.05) is 18.5 Å². The van der Waals surface area contributed by atoms with Gasteiger partial charge < -0.3 is 14.9 Å². The Morgan fingerprint density at radius 3 is 2.95 bits per heavy atom. The van der Waals surface area contributed by atoms with Crippen LogP contribution < -0.4 is 5.32 Å². The van der Waals surface area contributed by atoms with Crippen LogP contribution in [0.3, 0.4) is 0 Å². The molecule has 21 heavy (non-hydrogen) atoms. The van der Waals surface area contributed by atoms with Gasteiger partial charge in [0.15, 0.2) is 0 Å². The van der Waals surface area contributed by atoms with Crippen LogP contribution in [0, 0.1) is 25.7 Å². The van der Waals surface area contributed by atoms with E-state index in [1.165, 1.54) is 11.3 Å². The minimum Gasteiger partial charge on any atom is -0.395 e. The second kappa shape index (κ2) is 7.07. The van der Waals surface area contributed by atoms with Gasteiger partial charge >= 0.3 is 0 Å². The third kappa shape index (κ3) is 3.94. The molecule has 1 amide bonds. The molecule has 0 atom stereocenters. The van der Waals surface area contributed by atoms with Crippen molar-refractivity contribution in [1.82, 2.24) is 10.5 Å². The number of nitrogens with one attached hydrogen (secondary N) is 1. The van der Waals surface area contributed by atoms with Crippen LogP contribution in [0.5, 0.6) is 0 Å². The first-order valence-corrected chi connectivity index (χ1v) is 7.33. The van der Waals surface area contributed by atoms with Gasteiger partial charge in [-0.25, -0.2) is 0 Å². The first-order chi connectivity index (χ1) is 10.1. The predicted molar refractivity (Wildman–Crippen MR) is 80.0 cm³/mol. The summed E-state index contributed by atoms with van der Waals surface area (Å²) in [6, 6.07) is 3.55. The molecule has 110 valence electrons. The van der Waals surface area contributed by atoms with Crippen molar-refractivity contribution in [3.8, 4) is 11.8 Å². The molecule has 2 rings (SSSR count). The number of carbonyl (C=O) groups is 1. The number of hydrogen-bond donors (Lipinski definition) is 2. The molecule has 0 aliphatic heterocycles. The van der Waals surface area contributed by atoms with Crippen LogP contribution in [0.15, 0.2) is 16.7 Å². The van der Waals surface area contributed by atoms with Crippen LogP contribution >= 0.6 is 11.3 Å². The fourth-order valence-corrected chi connectivity index (χ4v) is 2.54. The lowest BCUT2D eigenvalue weighted by atomic mass is 10.2. The molecule has 0 radical (unpaired) electrons. The fourth-order valence-electron chi connectivity index (χ4n) is 1.74. The Kier molecular flexibility index (Phi) is 5.14. The summed E-state index contributed by atoms with van der Waals surface area (Å²) in [6.45, 7) is 4.10. The Labute approximate surface area is 127 Å². The minimum atomic E-state index is -0.143. The predicted octanol–water partition coefficient (Wildman–Crippen LogP) is 2.02. The molecule has 0 aliphatic rings. The Balaban J connectivity index is 1.97. The summed E-state index contributed by atoms with van der Waals surface area (Å²) in [5.74, 6) is 6.32. The van der Waals surface area contributed by atoms with E-state index in [4.69, 9.17) is 9.63 Å². The number of aliphatic hydroxyl groups is 1. The number of aryl methyl sites for hydroxylation is 2. The van der Waals surface area contributed by atoms with Gasteiger partial charge in [0.05, 0.1) is 22.1 Å². The van der Waals surface area contributed by atoms with Gasteiger partial charge in [0.25, 0.3) is 5.91 Å². The Morgan fingerprint density at radius 1 is 1.48 bits per heavy atom. The first kappa shape index (κ1) is 15.3. The quantitative estimate of drug-likeness (QED) is 0.847. The molecule has 0 saturated heterocycles. The average molecular weight is 304 g/mol. The van der Waals surface area contributed by atoms with Crippen LogP contribution in [0.4, 0.5) is 0 Å². The molecule has 0 aliphatic carbocycles. The van der Waals surface area contributed by atoms with Crippen molar-refractivity contribution in [1.29, 1.82) is 0 Å². The van der Waals surface area contributed by atoms with E-state index in [0.717, 1.165) is 21.9 Å². The van der Waals surface area contributed by atoms with Crippen LogP contribution in [0.1, 0.15) is 38.0 Å². The van der Waals surface area contributed by atoms with E-state index in [1.807, 2.05) is 13.8 Å². The summed E-state index contributed by atoms with van der Waals surface area (Å²) >= 11 is 1.33. The minimum absolute atomic E-state index is 0.0448. The number of thiophene rings is 1. The van der Waals surface area contributed by atoms with E-state index in [2.05, 4.69) is 22.3 Å². The second-order valence-electron chi connectivity index (χ2n) is 4.42. The number of carbonyl (C=O) groups excluding carboxylic acids is 1. The maximum absolute atomic E-state index is 12.1. The van der Waals surface area contributed by atoms with Crippen LogP contribution in [-0.2, 0) is 6.54 Å². The number of aromatic nitrogens is 1. The largest absolute Gasteiger partial charge is 0.395 e. The maximum atomic E-state index is 12.1. The highest BCUT2D eigenvalue weighted by Gasteiger charge is 2.12. The van der Waals surface area contributed by atoms with Crippen LogP contribution in [0.25, 0.3) is 0 Å².